The van der Waals surface area contributed by atoms with Crippen LogP contribution in [0.15, 0.2) is 94.7 Å². The average Bonchev–Trinajstić information content (AvgIpc) is 3.43. The Hall–Kier alpha value is -4.92. The van der Waals surface area contributed by atoms with Crippen LogP contribution in [0.1, 0.15) is 28.8 Å². The Morgan fingerprint density at radius 2 is 1.60 bits per heavy atom. The number of halogens is 2. The molecule has 4 aromatic rings. The van der Waals surface area contributed by atoms with Crippen molar-refractivity contribution in [2.45, 2.75) is 35.7 Å². The van der Waals surface area contributed by atoms with Gasteiger partial charge in [-0.3, -0.25) is 13.7 Å². The standard InChI is InChI=1S/C34H32Cl2N6O7S/c1-49-31(44)26(20-41-17-14-28(39-33(41)46)38-30(43)29-24(35)11-7-12-25(29)36)37-32(45)40-18-15-34(16-19-40)21-42(27-13-6-5-10-23(27)34)50(47,48)22-8-3-2-4-9-22/h2-14,17,26H,15-16,18-21H2,1H3,(H,37,45)(H,38,39,43,46)/t26-/m1/s1. The van der Waals surface area contributed by atoms with Gasteiger partial charge in [-0.1, -0.05) is 65.7 Å². The predicted molar refractivity (Wildman–Crippen MR) is 187 cm³/mol. The summed E-state index contributed by atoms with van der Waals surface area (Å²) in [6, 6.07) is 19.8. The normalized spacial score (nSPS) is 15.7. The third kappa shape index (κ3) is 6.78. The molecule has 13 nitrogen and oxygen atoms in total. The quantitative estimate of drug-likeness (QED) is 0.253. The van der Waals surface area contributed by atoms with Crippen LogP contribution in [-0.4, -0.2) is 73.6 Å². The van der Waals surface area contributed by atoms with Crippen molar-refractivity contribution >= 4 is 62.6 Å². The molecule has 2 N–H and O–H groups in total. The SMILES string of the molecule is COC(=O)[C@@H](Cn1ccc(NC(=O)c2c(Cl)cccc2Cl)nc1=O)NC(=O)N1CCC2(CC1)CN(S(=O)(=O)c1ccccc1)c1ccccc12. The highest BCUT2D eigenvalue weighted by atomic mass is 35.5. The molecule has 16 heteroatoms. The number of aromatic nitrogens is 2. The first-order valence-corrected chi connectivity index (χ1v) is 17.8. The van der Waals surface area contributed by atoms with Crippen LogP contribution in [-0.2, 0) is 31.5 Å². The van der Waals surface area contributed by atoms with E-state index >= 15 is 0 Å². The summed E-state index contributed by atoms with van der Waals surface area (Å²) in [7, 11) is -2.65. The summed E-state index contributed by atoms with van der Waals surface area (Å²) < 4.78 is 34.8. The zero-order valence-corrected chi connectivity index (χ0v) is 29.0. The minimum Gasteiger partial charge on any atom is -0.467 e. The van der Waals surface area contributed by atoms with Gasteiger partial charge in [-0.2, -0.15) is 4.98 Å². The van der Waals surface area contributed by atoms with Crippen LogP contribution in [0.25, 0.3) is 0 Å². The van der Waals surface area contributed by atoms with Gasteiger partial charge in [0.05, 0.1) is 39.8 Å². The number of benzene rings is 3. The summed E-state index contributed by atoms with van der Waals surface area (Å²) in [6.45, 7) is 0.519. The minimum absolute atomic E-state index is 0.0191. The maximum Gasteiger partial charge on any atom is 0.349 e. The number of carbonyl (C=O) groups excluding carboxylic acids is 3. The Morgan fingerprint density at radius 3 is 2.26 bits per heavy atom. The lowest BCUT2D eigenvalue weighted by molar-refractivity contribution is -0.143. The van der Waals surface area contributed by atoms with Crippen molar-refractivity contribution in [3.05, 3.63) is 117 Å². The molecule has 0 radical (unpaired) electrons. The lowest BCUT2D eigenvalue weighted by atomic mass is 9.74. The molecule has 0 saturated carbocycles. The molecule has 0 bridgehead atoms. The lowest BCUT2D eigenvalue weighted by Crippen LogP contribution is -2.54. The van der Waals surface area contributed by atoms with Gasteiger partial charge in [0.25, 0.3) is 15.9 Å². The van der Waals surface area contributed by atoms with Crippen LogP contribution in [0.5, 0.6) is 0 Å². The van der Waals surface area contributed by atoms with E-state index in [9.17, 15) is 27.6 Å². The molecule has 1 spiro atoms. The van der Waals surface area contributed by atoms with Crippen LogP contribution in [0.4, 0.5) is 16.3 Å². The molecule has 0 aliphatic carbocycles. The average molecular weight is 740 g/mol. The highest BCUT2D eigenvalue weighted by Crippen LogP contribution is 2.48. The van der Waals surface area contributed by atoms with E-state index < -0.39 is 45.1 Å². The van der Waals surface area contributed by atoms with E-state index in [2.05, 4.69) is 15.6 Å². The molecule has 1 fully saturated rings. The maximum atomic E-state index is 13.7. The Balaban J connectivity index is 1.12. The van der Waals surface area contributed by atoms with E-state index in [0.717, 1.165) is 10.1 Å². The molecule has 1 saturated heterocycles. The van der Waals surface area contributed by atoms with E-state index in [1.165, 1.54) is 35.8 Å². The van der Waals surface area contributed by atoms with Crippen LogP contribution in [0.2, 0.25) is 10.0 Å². The van der Waals surface area contributed by atoms with E-state index in [1.54, 1.807) is 47.4 Å². The van der Waals surface area contributed by atoms with Crippen molar-refractivity contribution in [3.8, 4) is 0 Å². The van der Waals surface area contributed by atoms with Crippen molar-refractivity contribution in [2.24, 2.45) is 0 Å². The highest BCUT2D eigenvalue weighted by molar-refractivity contribution is 7.92. The van der Waals surface area contributed by atoms with Crippen molar-refractivity contribution in [1.29, 1.82) is 0 Å². The van der Waals surface area contributed by atoms with E-state index in [4.69, 9.17) is 27.9 Å². The monoisotopic (exact) mass is 738 g/mol. The Labute approximate surface area is 297 Å². The molecule has 3 amide bonds. The summed E-state index contributed by atoms with van der Waals surface area (Å²) in [5.41, 5.74) is 0.243. The van der Waals surface area contributed by atoms with Gasteiger partial charge in [-0.05, 0) is 54.8 Å². The first-order chi connectivity index (χ1) is 23.9. The highest BCUT2D eigenvalue weighted by Gasteiger charge is 2.48. The van der Waals surface area contributed by atoms with Gasteiger partial charge in [-0.25, -0.2) is 22.8 Å². The largest absolute Gasteiger partial charge is 0.467 e. The third-order valence-electron chi connectivity index (χ3n) is 9.00. The van der Waals surface area contributed by atoms with Gasteiger partial charge >= 0.3 is 17.7 Å². The van der Waals surface area contributed by atoms with E-state index in [-0.39, 0.29) is 39.4 Å². The Morgan fingerprint density at radius 1 is 0.940 bits per heavy atom. The van der Waals surface area contributed by atoms with Crippen molar-refractivity contribution < 1.29 is 27.5 Å². The molecular formula is C34H32Cl2N6O7S. The summed E-state index contributed by atoms with van der Waals surface area (Å²) in [5.74, 6) is -1.52. The maximum absolute atomic E-state index is 13.7. The van der Waals surface area contributed by atoms with E-state index in [0.29, 0.717) is 31.6 Å². The Kier molecular flexibility index (Phi) is 9.87. The van der Waals surface area contributed by atoms with Crippen molar-refractivity contribution in [1.82, 2.24) is 19.8 Å². The molecule has 260 valence electrons. The second-order valence-corrected chi connectivity index (χ2v) is 14.6. The van der Waals surface area contributed by atoms with Gasteiger partial charge in [0, 0.05) is 31.2 Å². The fourth-order valence-corrected chi connectivity index (χ4v) is 8.53. The number of carbonyl (C=O) groups is 3. The second kappa shape index (κ2) is 14.1. The molecule has 50 heavy (non-hydrogen) atoms. The molecule has 6 rings (SSSR count). The number of likely N-dealkylation sites (tertiary alicyclic amines) is 1. The number of fused-ring (bicyclic) bond motifs is 2. The first-order valence-electron chi connectivity index (χ1n) is 15.6. The number of rotatable bonds is 8. The number of sulfonamides is 1. The number of ether oxygens (including phenoxy) is 1. The third-order valence-corrected chi connectivity index (χ3v) is 11.4. The molecule has 3 aromatic carbocycles. The summed E-state index contributed by atoms with van der Waals surface area (Å²) in [4.78, 5) is 57.4. The number of nitrogens with one attached hydrogen (secondary N) is 2. The molecule has 1 atom stereocenters. The summed E-state index contributed by atoms with van der Waals surface area (Å²) in [5, 5.41) is 5.39. The van der Waals surface area contributed by atoms with E-state index in [1.807, 2.05) is 18.2 Å². The number of anilines is 2. The number of hydrogen-bond donors (Lipinski definition) is 2. The summed E-state index contributed by atoms with van der Waals surface area (Å²) >= 11 is 12.2. The number of para-hydroxylation sites is 1. The molecular weight excluding hydrogens is 707 g/mol. The Bertz CT molecular complexity index is 2100. The molecule has 1 aromatic heterocycles. The molecule has 3 heterocycles. The summed E-state index contributed by atoms with van der Waals surface area (Å²) in [6.07, 6.45) is 2.28. The van der Waals surface area contributed by atoms with Crippen molar-refractivity contribution in [2.75, 3.05) is 36.4 Å². The number of esters is 1. The second-order valence-electron chi connectivity index (χ2n) is 11.9. The van der Waals surface area contributed by atoms with Gasteiger partial charge in [0.2, 0.25) is 0 Å². The number of amides is 3. The molecule has 2 aliphatic heterocycles. The zero-order chi connectivity index (χ0) is 35.6. The first kappa shape index (κ1) is 34.9. The smallest absolute Gasteiger partial charge is 0.349 e. The van der Waals surface area contributed by atoms with Gasteiger partial charge in [-0.15, -0.1) is 0 Å². The zero-order valence-electron chi connectivity index (χ0n) is 26.7. The van der Waals surface area contributed by atoms with Crippen molar-refractivity contribution in [3.63, 3.8) is 0 Å². The number of hydrogen-bond acceptors (Lipinski definition) is 8. The van der Waals surface area contributed by atoms with Gasteiger partial charge in [0.1, 0.15) is 11.9 Å². The van der Waals surface area contributed by atoms with Crippen LogP contribution >= 0.6 is 23.2 Å². The number of methoxy groups -OCH3 is 1. The molecule has 0 unspecified atom stereocenters. The fraction of sp³-hybridized carbons (Fsp3) is 0.265. The van der Waals surface area contributed by atoms with Gasteiger partial charge in [0.15, 0.2) is 0 Å². The fourth-order valence-electron chi connectivity index (χ4n) is 6.37. The van der Waals surface area contributed by atoms with Crippen LogP contribution in [0, 0.1) is 0 Å². The number of piperidine rings is 1. The predicted octanol–water partition coefficient (Wildman–Crippen LogP) is 4.30. The van der Waals surface area contributed by atoms with Gasteiger partial charge < -0.3 is 20.3 Å². The lowest BCUT2D eigenvalue weighted by Gasteiger charge is -2.40. The minimum atomic E-state index is -3.82. The number of nitrogens with zero attached hydrogens (tertiary/aromatic N) is 4. The molecule has 2 aliphatic rings. The van der Waals surface area contributed by atoms with Crippen LogP contribution in [0.3, 0.4) is 0 Å². The topological polar surface area (TPSA) is 160 Å². The van der Waals surface area contributed by atoms with Crippen LogP contribution < -0.4 is 20.6 Å². The number of urea groups is 1.